The fraction of sp³-hybridized carbons (Fsp3) is 0.818. The molecule has 1 saturated heterocycles. The molecule has 3 heteroatoms. The van der Waals surface area contributed by atoms with Crippen LogP contribution in [0.4, 0.5) is 0 Å². The van der Waals surface area contributed by atoms with Gasteiger partial charge in [-0.1, -0.05) is 0 Å². The lowest BCUT2D eigenvalue weighted by Gasteiger charge is -2.30. The predicted octanol–water partition coefficient (Wildman–Crippen LogP) is 1.58. The average Bonchev–Trinajstić information content (AvgIpc) is 2.30. The molecule has 0 amide bonds. The molecule has 0 spiro atoms. The lowest BCUT2D eigenvalue weighted by Crippen LogP contribution is -2.41. The van der Waals surface area contributed by atoms with Crippen molar-refractivity contribution in [1.82, 2.24) is 0 Å². The summed E-state index contributed by atoms with van der Waals surface area (Å²) in [5, 5.41) is 0. The number of allylic oxidation sites excluding steroid dienone is 1. The molecule has 2 aliphatic heterocycles. The van der Waals surface area contributed by atoms with Crippen LogP contribution in [0.1, 0.15) is 32.1 Å². The summed E-state index contributed by atoms with van der Waals surface area (Å²) in [6, 6.07) is -0.0457. The summed E-state index contributed by atoms with van der Waals surface area (Å²) in [6.45, 7) is 1.66. The zero-order chi connectivity index (χ0) is 9.80. The summed E-state index contributed by atoms with van der Waals surface area (Å²) >= 11 is 0. The first-order chi connectivity index (χ1) is 6.88. The van der Waals surface area contributed by atoms with E-state index in [4.69, 9.17) is 15.2 Å². The second kappa shape index (κ2) is 4.80. The number of hydrogen-bond donors (Lipinski definition) is 1. The number of rotatable bonds is 2. The highest BCUT2D eigenvalue weighted by Gasteiger charge is 2.26. The first kappa shape index (κ1) is 9.99. The lowest BCUT2D eigenvalue weighted by molar-refractivity contribution is -0.00567. The van der Waals surface area contributed by atoms with E-state index in [1.54, 1.807) is 0 Å². The van der Waals surface area contributed by atoms with Crippen molar-refractivity contribution in [1.29, 1.82) is 0 Å². The molecule has 2 aliphatic rings. The highest BCUT2D eigenvalue weighted by Crippen LogP contribution is 2.21. The Bertz CT molecular complexity index is 209. The minimum atomic E-state index is -0.0457. The van der Waals surface area contributed by atoms with Crippen LogP contribution in [-0.2, 0) is 9.47 Å². The van der Waals surface area contributed by atoms with Gasteiger partial charge in [0.15, 0.2) is 0 Å². The van der Waals surface area contributed by atoms with Gasteiger partial charge in [-0.3, -0.25) is 0 Å². The Morgan fingerprint density at radius 1 is 1.29 bits per heavy atom. The molecule has 2 heterocycles. The fourth-order valence-corrected chi connectivity index (χ4v) is 2.04. The van der Waals surface area contributed by atoms with Crippen LogP contribution in [0.3, 0.4) is 0 Å². The van der Waals surface area contributed by atoms with Crippen LogP contribution in [-0.4, -0.2) is 25.4 Å². The number of hydrogen-bond acceptors (Lipinski definition) is 3. The van der Waals surface area contributed by atoms with Crippen molar-refractivity contribution in [3.8, 4) is 0 Å². The van der Waals surface area contributed by atoms with Gasteiger partial charge in [0, 0.05) is 6.61 Å². The molecule has 0 aromatic rings. The Balaban J connectivity index is 1.91. The van der Waals surface area contributed by atoms with Gasteiger partial charge in [0.05, 0.1) is 18.8 Å². The average molecular weight is 197 g/mol. The Labute approximate surface area is 85.3 Å². The molecule has 0 aliphatic carbocycles. The van der Waals surface area contributed by atoms with Crippen LogP contribution in [0.2, 0.25) is 0 Å². The monoisotopic (exact) mass is 197 g/mol. The first-order valence-corrected chi connectivity index (χ1v) is 5.58. The smallest absolute Gasteiger partial charge is 0.111 e. The molecule has 0 aromatic heterocycles. The molecule has 2 N–H and O–H groups in total. The summed E-state index contributed by atoms with van der Waals surface area (Å²) in [6.07, 6.45) is 7.97. The third-order valence-corrected chi connectivity index (χ3v) is 2.91. The number of nitrogens with two attached hydrogens (primary N) is 1. The predicted molar refractivity (Wildman–Crippen MR) is 54.8 cm³/mol. The van der Waals surface area contributed by atoms with E-state index < -0.39 is 0 Å². The van der Waals surface area contributed by atoms with E-state index in [2.05, 4.69) is 6.08 Å². The van der Waals surface area contributed by atoms with Gasteiger partial charge in [-0.25, -0.2) is 0 Å². The van der Waals surface area contributed by atoms with Gasteiger partial charge in [0.25, 0.3) is 0 Å². The van der Waals surface area contributed by atoms with Crippen molar-refractivity contribution in [2.45, 2.75) is 44.2 Å². The quantitative estimate of drug-likeness (QED) is 0.731. The van der Waals surface area contributed by atoms with E-state index in [0.717, 1.165) is 38.2 Å². The molecule has 0 bridgehead atoms. The van der Waals surface area contributed by atoms with E-state index in [1.165, 1.54) is 12.8 Å². The molecule has 2 unspecified atom stereocenters. The van der Waals surface area contributed by atoms with Gasteiger partial charge in [-0.05, 0) is 38.2 Å². The van der Waals surface area contributed by atoms with Crippen LogP contribution >= 0.6 is 0 Å². The summed E-state index contributed by atoms with van der Waals surface area (Å²) in [4.78, 5) is 0. The SMILES string of the molecule is NC(C1=CCCCO1)C1CCCCO1. The second-order valence-electron chi connectivity index (χ2n) is 4.03. The molecule has 14 heavy (non-hydrogen) atoms. The largest absolute Gasteiger partial charge is 0.497 e. The van der Waals surface area contributed by atoms with E-state index in [-0.39, 0.29) is 12.1 Å². The van der Waals surface area contributed by atoms with E-state index in [0.29, 0.717) is 0 Å². The van der Waals surface area contributed by atoms with Crippen LogP contribution in [0.15, 0.2) is 11.8 Å². The third kappa shape index (κ3) is 2.28. The fourth-order valence-electron chi connectivity index (χ4n) is 2.04. The van der Waals surface area contributed by atoms with Crippen molar-refractivity contribution in [2.75, 3.05) is 13.2 Å². The van der Waals surface area contributed by atoms with Gasteiger partial charge >= 0.3 is 0 Å². The molecule has 2 rings (SSSR count). The zero-order valence-electron chi connectivity index (χ0n) is 8.58. The van der Waals surface area contributed by atoms with Gasteiger partial charge in [-0.2, -0.15) is 0 Å². The van der Waals surface area contributed by atoms with Crippen molar-refractivity contribution >= 4 is 0 Å². The highest BCUT2D eigenvalue weighted by atomic mass is 16.5. The van der Waals surface area contributed by atoms with Crippen molar-refractivity contribution in [3.05, 3.63) is 11.8 Å². The molecule has 0 radical (unpaired) electrons. The minimum absolute atomic E-state index is 0.0457. The van der Waals surface area contributed by atoms with Crippen LogP contribution in [0, 0.1) is 0 Å². The summed E-state index contributed by atoms with van der Waals surface area (Å²) < 4.78 is 11.2. The van der Waals surface area contributed by atoms with Gasteiger partial charge < -0.3 is 15.2 Å². The summed E-state index contributed by atoms with van der Waals surface area (Å²) in [5.41, 5.74) is 6.10. The van der Waals surface area contributed by atoms with Crippen LogP contribution < -0.4 is 5.73 Å². The standard InChI is InChI=1S/C11H19NO2/c12-11(9-5-1-3-7-13-9)10-6-2-4-8-14-10/h5,10-11H,1-4,6-8,12H2. The van der Waals surface area contributed by atoms with E-state index in [1.807, 2.05) is 0 Å². The van der Waals surface area contributed by atoms with E-state index >= 15 is 0 Å². The highest BCUT2D eigenvalue weighted by molar-refractivity contribution is 5.07. The van der Waals surface area contributed by atoms with Gasteiger partial charge in [0.1, 0.15) is 5.76 Å². The Hall–Kier alpha value is -0.540. The maximum Gasteiger partial charge on any atom is 0.111 e. The normalized spacial score (nSPS) is 30.4. The van der Waals surface area contributed by atoms with Gasteiger partial charge in [0.2, 0.25) is 0 Å². The van der Waals surface area contributed by atoms with Crippen molar-refractivity contribution in [3.63, 3.8) is 0 Å². The molecule has 2 atom stereocenters. The maximum absolute atomic E-state index is 6.10. The van der Waals surface area contributed by atoms with Crippen LogP contribution in [0.5, 0.6) is 0 Å². The Morgan fingerprint density at radius 2 is 2.21 bits per heavy atom. The molecular weight excluding hydrogens is 178 g/mol. The molecule has 80 valence electrons. The minimum Gasteiger partial charge on any atom is -0.497 e. The number of ether oxygens (including phenoxy) is 2. The van der Waals surface area contributed by atoms with Crippen molar-refractivity contribution < 1.29 is 9.47 Å². The first-order valence-electron chi connectivity index (χ1n) is 5.58. The Morgan fingerprint density at radius 3 is 2.86 bits per heavy atom. The molecule has 3 nitrogen and oxygen atoms in total. The zero-order valence-corrected chi connectivity index (χ0v) is 8.58. The molecule has 0 aromatic carbocycles. The second-order valence-corrected chi connectivity index (χ2v) is 4.03. The summed E-state index contributed by atoms with van der Waals surface area (Å²) in [7, 11) is 0. The topological polar surface area (TPSA) is 44.5 Å². The van der Waals surface area contributed by atoms with Gasteiger partial charge in [-0.15, -0.1) is 0 Å². The van der Waals surface area contributed by atoms with E-state index in [9.17, 15) is 0 Å². The Kier molecular flexibility index (Phi) is 3.43. The molecule has 1 fully saturated rings. The molecule has 0 saturated carbocycles. The van der Waals surface area contributed by atoms with Crippen molar-refractivity contribution in [2.24, 2.45) is 5.73 Å². The summed E-state index contributed by atoms with van der Waals surface area (Å²) in [5.74, 6) is 0.947. The third-order valence-electron chi connectivity index (χ3n) is 2.91. The van der Waals surface area contributed by atoms with Crippen LogP contribution in [0.25, 0.3) is 0 Å². The maximum atomic E-state index is 6.10. The lowest BCUT2D eigenvalue weighted by atomic mass is 10.00. The molecular formula is C11H19NO2.